The summed E-state index contributed by atoms with van der Waals surface area (Å²) in [5.74, 6) is 1.01. The molecule has 38 heavy (non-hydrogen) atoms. The van der Waals surface area contributed by atoms with Gasteiger partial charge in [0.1, 0.15) is 17.2 Å². The van der Waals surface area contributed by atoms with E-state index in [1.165, 1.54) is 6.07 Å². The molecule has 3 aliphatic rings. The van der Waals surface area contributed by atoms with E-state index in [9.17, 15) is 14.0 Å². The monoisotopic (exact) mass is 511 g/mol. The number of rotatable bonds is 5. The molecule has 0 spiro atoms. The molecule has 2 heterocycles. The molecule has 0 radical (unpaired) electrons. The van der Waals surface area contributed by atoms with Gasteiger partial charge in [-0.3, -0.25) is 19.5 Å². The van der Waals surface area contributed by atoms with Crippen LogP contribution in [0.1, 0.15) is 51.2 Å². The van der Waals surface area contributed by atoms with Crippen molar-refractivity contribution in [2.24, 2.45) is 16.3 Å². The maximum absolute atomic E-state index is 13.6. The van der Waals surface area contributed by atoms with Gasteiger partial charge in [-0.2, -0.15) is 0 Å². The topological polar surface area (TPSA) is 53.0 Å². The maximum Gasteiger partial charge on any atom is 0.255 e. The second-order valence-corrected chi connectivity index (χ2v) is 12.1. The molecule has 3 aromatic carbocycles. The van der Waals surface area contributed by atoms with Crippen LogP contribution in [-0.2, 0) is 9.59 Å². The molecule has 1 atom stereocenters. The number of amides is 2. The summed E-state index contributed by atoms with van der Waals surface area (Å²) < 4.78 is 13.6. The van der Waals surface area contributed by atoms with E-state index in [1.54, 1.807) is 12.1 Å². The van der Waals surface area contributed by atoms with Crippen molar-refractivity contribution in [1.82, 2.24) is 9.80 Å². The van der Waals surface area contributed by atoms with Crippen molar-refractivity contribution in [3.8, 4) is 11.1 Å². The molecule has 0 bridgehead atoms. The highest BCUT2D eigenvalue weighted by molar-refractivity contribution is 6.15. The number of amidine groups is 1. The second-order valence-electron chi connectivity index (χ2n) is 12.1. The zero-order valence-corrected chi connectivity index (χ0v) is 22.6. The number of aryl methyl sites for hydroxylation is 1. The van der Waals surface area contributed by atoms with Gasteiger partial charge >= 0.3 is 0 Å². The lowest BCUT2D eigenvalue weighted by atomic mass is 9.97. The zero-order valence-electron chi connectivity index (χ0n) is 22.6. The van der Waals surface area contributed by atoms with E-state index in [0.29, 0.717) is 13.1 Å². The molecule has 196 valence electrons. The quantitative estimate of drug-likeness (QED) is 0.424. The van der Waals surface area contributed by atoms with Crippen molar-refractivity contribution in [3.05, 3.63) is 71.5 Å². The molecule has 5 nitrogen and oxygen atoms in total. The average molecular weight is 512 g/mol. The lowest BCUT2D eigenvalue weighted by Crippen LogP contribution is -2.43. The van der Waals surface area contributed by atoms with Crippen molar-refractivity contribution in [2.45, 2.75) is 52.5 Å². The summed E-state index contributed by atoms with van der Waals surface area (Å²) >= 11 is 0. The predicted molar refractivity (Wildman–Crippen MR) is 148 cm³/mol. The number of hydrogen-bond acceptors (Lipinski definition) is 3. The molecule has 1 saturated carbocycles. The van der Waals surface area contributed by atoms with Crippen molar-refractivity contribution >= 4 is 28.4 Å². The van der Waals surface area contributed by atoms with Gasteiger partial charge < -0.3 is 4.90 Å². The Kier molecular flexibility index (Phi) is 5.71. The zero-order chi connectivity index (χ0) is 26.8. The molecule has 2 aliphatic heterocycles. The molecule has 3 aromatic rings. The number of carbonyl (C=O) groups is 2. The van der Waals surface area contributed by atoms with Crippen LogP contribution in [0.4, 0.5) is 4.39 Å². The van der Waals surface area contributed by atoms with Gasteiger partial charge in [0.2, 0.25) is 5.91 Å². The van der Waals surface area contributed by atoms with E-state index >= 15 is 0 Å². The minimum Gasteiger partial charge on any atom is -0.342 e. The third-order valence-corrected chi connectivity index (χ3v) is 8.54. The van der Waals surface area contributed by atoms with Crippen molar-refractivity contribution in [3.63, 3.8) is 0 Å². The Hall–Kier alpha value is -3.54. The molecule has 6 heteroatoms. The second kappa shape index (κ2) is 8.75. The number of likely N-dealkylation sites (tertiary alicyclic amines) is 1. The van der Waals surface area contributed by atoms with Gasteiger partial charge in [-0.15, -0.1) is 0 Å². The molecular formula is C32H34FN3O2. The van der Waals surface area contributed by atoms with Crippen LogP contribution in [0.2, 0.25) is 0 Å². The van der Waals surface area contributed by atoms with E-state index in [0.717, 1.165) is 64.7 Å². The van der Waals surface area contributed by atoms with E-state index in [4.69, 9.17) is 4.99 Å². The lowest BCUT2D eigenvalue weighted by Gasteiger charge is -2.25. The summed E-state index contributed by atoms with van der Waals surface area (Å²) in [6.07, 6.45) is 2.87. The molecule has 1 aliphatic carbocycles. The summed E-state index contributed by atoms with van der Waals surface area (Å²) in [4.78, 5) is 35.0. The van der Waals surface area contributed by atoms with Crippen molar-refractivity contribution < 1.29 is 14.0 Å². The minimum atomic E-state index is -0.816. The number of hydrogen-bond donors (Lipinski definition) is 0. The highest BCUT2D eigenvalue weighted by Crippen LogP contribution is 2.47. The average Bonchev–Trinajstić information content (AvgIpc) is 3.39. The highest BCUT2D eigenvalue weighted by Gasteiger charge is 2.49. The minimum absolute atomic E-state index is 0.0108. The molecule has 1 saturated heterocycles. The summed E-state index contributed by atoms with van der Waals surface area (Å²) in [5, 5.41) is 1.86. The number of nitrogens with zero attached hydrogens (tertiary/aromatic N) is 3. The van der Waals surface area contributed by atoms with E-state index in [-0.39, 0.29) is 29.0 Å². The van der Waals surface area contributed by atoms with Crippen LogP contribution < -0.4 is 0 Å². The summed E-state index contributed by atoms with van der Waals surface area (Å²) in [6, 6.07) is 17.1. The first-order valence-electron chi connectivity index (χ1n) is 13.6. The standard InChI is InChI=1S/C32H34FN3O2/c1-20-15-22(23-5-6-25-17-26(33)9-7-24(25)16-23)8-10-27(20)28-34-31(2,3)29(37)36(28)19-21-11-14-35(18-21)30(38)32(4)12-13-32/h5-10,15-17,21H,11-14,18-19H2,1-4H3. The lowest BCUT2D eigenvalue weighted by molar-refractivity contribution is -0.135. The van der Waals surface area contributed by atoms with Crippen LogP contribution in [0.15, 0.2) is 59.6 Å². The van der Waals surface area contributed by atoms with Crippen LogP contribution in [0.3, 0.4) is 0 Å². The fraction of sp³-hybridized carbons (Fsp3) is 0.406. The molecular weight excluding hydrogens is 477 g/mol. The number of halogens is 1. The fourth-order valence-electron chi connectivity index (χ4n) is 5.87. The molecule has 0 aromatic heterocycles. The Balaban J connectivity index is 1.25. The van der Waals surface area contributed by atoms with Crippen molar-refractivity contribution in [2.75, 3.05) is 19.6 Å². The normalized spacial score (nSPS) is 21.8. The Morgan fingerprint density at radius 3 is 2.42 bits per heavy atom. The SMILES string of the molecule is Cc1cc(-c2ccc3cc(F)ccc3c2)ccc1C1=NC(C)(C)C(=O)N1CC1CCN(C(=O)C2(C)CC2)C1. The summed E-state index contributed by atoms with van der Waals surface area (Å²) in [7, 11) is 0. The highest BCUT2D eigenvalue weighted by atomic mass is 19.1. The Bertz CT molecular complexity index is 1500. The van der Waals surface area contributed by atoms with Crippen LogP contribution in [0, 0.1) is 24.1 Å². The van der Waals surface area contributed by atoms with Gasteiger partial charge in [0.25, 0.3) is 5.91 Å². The van der Waals surface area contributed by atoms with Crippen LogP contribution in [0.25, 0.3) is 21.9 Å². The van der Waals surface area contributed by atoms with Gasteiger partial charge in [-0.1, -0.05) is 43.3 Å². The predicted octanol–water partition coefficient (Wildman–Crippen LogP) is 5.97. The summed E-state index contributed by atoms with van der Waals surface area (Å²) in [6.45, 7) is 9.90. The Morgan fingerprint density at radius 2 is 1.68 bits per heavy atom. The Labute approximate surface area is 223 Å². The smallest absolute Gasteiger partial charge is 0.255 e. The first-order valence-corrected chi connectivity index (χ1v) is 13.6. The van der Waals surface area contributed by atoms with E-state index in [2.05, 4.69) is 38.1 Å². The van der Waals surface area contributed by atoms with Gasteiger partial charge in [0.05, 0.1) is 0 Å². The number of benzene rings is 3. The van der Waals surface area contributed by atoms with Crippen LogP contribution in [-0.4, -0.2) is 52.6 Å². The number of aliphatic imine (C=N–C) groups is 1. The molecule has 2 fully saturated rings. The third kappa shape index (κ3) is 4.30. The fourth-order valence-corrected chi connectivity index (χ4v) is 5.87. The molecule has 1 unspecified atom stereocenters. The van der Waals surface area contributed by atoms with Gasteiger partial charge in [0.15, 0.2) is 0 Å². The number of carbonyl (C=O) groups excluding carboxylic acids is 2. The number of fused-ring (bicyclic) bond motifs is 1. The summed E-state index contributed by atoms with van der Waals surface area (Å²) in [5.41, 5.74) is 3.14. The van der Waals surface area contributed by atoms with Crippen LogP contribution in [0.5, 0.6) is 0 Å². The first-order chi connectivity index (χ1) is 18.0. The van der Waals surface area contributed by atoms with Gasteiger partial charge in [-0.05, 0) is 91.6 Å². The van der Waals surface area contributed by atoms with Crippen LogP contribution >= 0.6 is 0 Å². The third-order valence-electron chi connectivity index (χ3n) is 8.54. The van der Waals surface area contributed by atoms with Crippen molar-refractivity contribution in [1.29, 1.82) is 0 Å². The maximum atomic E-state index is 13.6. The van der Waals surface area contributed by atoms with Gasteiger partial charge in [0, 0.05) is 30.6 Å². The Morgan fingerprint density at radius 1 is 1.00 bits per heavy atom. The molecule has 6 rings (SSSR count). The first kappa shape index (κ1) is 24.8. The van der Waals surface area contributed by atoms with E-state index < -0.39 is 5.54 Å². The molecule has 2 amide bonds. The largest absolute Gasteiger partial charge is 0.342 e. The molecule has 0 N–H and O–H groups in total. The van der Waals surface area contributed by atoms with E-state index in [1.807, 2.05) is 35.8 Å². The van der Waals surface area contributed by atoms with Gasteiger partial charge in [-0.25, -0.2) is 4.39 Å².